The number of methoxy groups -OCH3 is 1. The van der Waals surface area contributed by atoms with Gasteiger partial charge in [-0.15, -0.1) is 0 Å². The van der Waals surface area contributed by atoms with Gasteiger partial charge in [-0.25, -0.2) is 0 Å². The predicted molar refractivity (Wildman–Crippen MR) is 77.3 cm³/mol. The van der Waals surface area contributed by atoms with E-state index in [1.165, 1.54) is 0 Å². The second-order valence-corrected chi connectivity index (χ2v) is 5.12. The molecule has 4 N–H and O–H groups in total. The van der Waals surface area contributed by atoms with Crippen molar-refractivity contribution >= 4 is 21.8 Å². The van der Waals surface area contributed by atoms with Gasteiger partial charge >= 0.3 is 0 Å². The lowest BCUT2D eigenvalue weighted by atomic mass is 10.1. The van der Waals surface area contributed by atoms with Gasteiger partial charge in [-0.2, -0.15) is 0 Å². The third-order valence-electron chi connectivity index (χ3n) is 2.69. The van der Waals surface area contributed by atoms with Crippen LogP contribution in [-0.4, -0.2) is 26.2 Å². The van der Waals surface area contributed by atoms with Crippen LogP contribution in [-0.2, 0) is 11.2 Å². The molecule has 19 heavy (non-hydrogen) atoms. The van der Waals surface area contributed by atoms with E-state index in [1.807, 2.05) is 12.1 Å². The van der Waals surface area contributed by atoms with Crippen LogP contribution in [0.4, 0.5) is 0 Å². The first-order valence-electron chi connectivity index (χ1n) is 5.98. The van der Waals surface area contributed by atoms with Gasteiger partial charge in [0.15, 0.2) is 11.5 Å². The van der Waals surface area contributed by atoms with Gasteiger partial charge in [-0.1, -0.05) is 6.92 Å². The fourth-order valence-electron chi connectivity index (χ4n) is 1.51. The number of amides is 1. The van der Waals surface area contributed by atoms with E-state index in [0.29, 0.717) is 18.0 Å². The first-order valence-corrected chi connectivity index (χ1v) is 6.77. The maximum Gasteiger partial charge on any atom is 0.223 e. The van der Waals surface area contributed by atoms with Crippen LogP contribution in [0.3, 0.4) is 0 Å². The van der Waals surface area contributed by atoms with E-state index in [1.54, 1.807) is 14.0 Å². The zero-order valence-corrected chi connectivity index (χ0v) is 12.7. The highest BCUT2D eigenvalue weighted by atomic mass is 79.9. The number of nitrogens with two attached hydrogens (primary N) is 2. The van der Waals surface area contributed by atoms with Crippen LogP contribution in [0.25, 0.3) is 0 Å². The maximum atomic E-state index is 11.0. The van der Waals surface area contributed by atoms with Crippen molar-refractivity contribution in [3.63, 3.8) is 0 Å². The number of primary amides is 1. The molecule has 1 aromatic carbocycles. The SMILES string of the molecule is COc1cc(CCN)cc(Br)c1OCC(C)C(N)=O. The molecule has 0 saturated heterocycles. The van der Waals surface area contributed by atoms with E-state index < -0.39 is 5.91 Å². The number of carbonyl (C=O) groups is 1. The molecule has 106 valence electrons. The lowest BCUT2D eigenvalue weighted by Crippen LogP contribution is -2.26. The fraction of sp³-hybridized carbons (Fsp3) is 0.462. The van der Waals surface area contributed by atoms with Gasteiger partial charge < -0.3 is 20.9 Å². The van der Waals surface area contributed by atoms with E-state index >= 15 is 0 Å². The summed E-state index contributed by atoms with van der Waals surface area (Å²) >= 11 is 3.43. The average Bonchev–Trinajstić information content (AvgIpc) is 2.36. The highest BCUT2D eigenvalue weighted by Crippen LogP contribution is 2.37. The second kappa shape index (κ2) is 7.35. The minimum Gasteiger partial charge on any atom is -0.493 e. The summed E-state index contributed by atoms with van der Waals surface area (Å²) in [5.74, 6) is 0.418. The Morgan fingerprint density at radius 3 is 2.68 bits per heavy atom. The summed E-state index contributed by atoms with van der Waals surface area (Å²) in [4.78, 5) is 11.0. The van der Waals surface area contributed by atoms with Gasteiger partial charge in [0.1, 0.15) is 0 Å². The van der Waals surface area contributed by atoms with Crippen LogP contribution in [0.15, 0.2) is 16.6 Å². The highest BCUT2D eigenvalue weighted by molar-refractivity contribution is 9.10. The summed E-state index contributed by atoms with van der Waals surface area (Å²) in [5, 5.41) is 0. The number of ether oxygens (including phenoxy) is 2. The first-order chi connectivity index (χ1) is 8.99. The van der Waals surface area contributed by atoms with Gasteiger partial charge in [-0.05, 0) is 46.6 Å². The Balaban J connectivity index is 2.90. The second-order valence-electron chi connectivity index (χ2n) is 4.26. The van der Waals surface area contributed by atoms with Gasteiger partial charge in [0, 0.05) is 0 Å². The lowest BCUT2D eigenvalue weighted by molar-refractivity contribution is -0.122. The zero-order valence-electron chi connectivity index (χ0n) is 11.1. The molecule has 0 heterocycles. The van der Waals surface area contributed by atoms with Crippen molar-refractivity contribution in [2.45, 2.75) is 13.3 Å². The van der Waals surface area contributed by atoms with Crippen LogP contribution < -0.4 is 20.9 Å². The smallest absolute Gasteiger partial charge is 0.223 e. The Morgan fingerprint density at radius 2 is 2.16 bits per heavy atom. The summed E-state index contributed by atoms with van der Waals surface area (Å²) < 4.78 is 11.7. The Labute approximate surface area is 121 Å². The van der Waals surface area contributed by atoms with E-state index in [2.05, 4.69) is 15.9 Å². The van der Waals surface area contributed by atoms with Crippen molar-refractivity contribution in [3.05, 3.63) is 22.2 Å². The fourth-order valence-corrected chi connectivity index (χ4v) is 2.12. The maximum absolute atomic E-state index is 11.0. The Hall–Kier alpha value is -1.27. The quantitative estimate of drug-likeness (QED) is 0.792. The molecule has 0 aliphatic carbocycles. The molecule has 1 unspecified atom stereocenters. The van der Waals surface area contributed by atoms with E-state index in [4.69, 9.17) is 20.9 Å². The van der Waals surface area contributed by atoms with Crippen LogP contribution in [0, 0.1) is 5.92 Å². The van der Waals surface area contributed by atoms with Gasteiger partial charge in [0.25, 0.3) is 0 Å². The number of carbonyl (C=O) groups excluding carboxylic acids is 1. The molecule has 0 saturated carbocycles. The van der Waals surface area contributed by atoms with Gasteiger partial charge in [0.2, 0.25) is 5.91 Å². The monoisotopic (exact) mass is 330 g/mol. The number of hydrogen-bond acceptors (Lipinski definition) is 4. The zero-order chi connectivity index (χ0) is 14.4. The molecule has 0 bridgehead atoms. The van der Waals surface area contributed by atoms with Crippen LogP contribution in [0.2, 0.25) is 0 Å². The molecule has 0 fully saturated rings. The van der Waals surface area contributed by atoms with E-state index in [9.17, 15) is 4.79 Å². The third-order valence-corrected chi connectivity index (χ3v) is 3.27. The first kappa shape index (κ1) is 15.8. The van der Waals surface area contributed by atoms with Crippen molar-refractivity contribution in [3.8, 4) is 11.5 Å². The van der Waals surface area contributed by atoms with Crippen molar-refractivity contribution in [1.29, 1.82) is 0 Å². The van der Waals surface area contributed by atoms with Crippen LogP contribution in [0.1, 0.15) is 12.5 Å². The molecule has 0 aliphatic rings. The number of benzene rings is 1. The predicted octanol–water partition coefficient (Wildman–Crippen LogP) is 1.46. The molecule has 5 nitrogen and oxygen atoms in total. The molecule has 0 spiro atoms. The Kier molecular flexibility index (Phi) is 6.11. The molecule has 1 amide bonds. The van der Waals surface area contributed by atoms with Crippen LogP contribution in [0.5, 0.6) is 11.5 Å². The molecule has 0 aliphatic heterocycles. The summed E-state index contributed by atoms with van der Waals surface area (Å²) in [6.07, 6.45) is 0.757. The Bertz CT molecular complexity index is 452. The molecule has 1 rings (SSSR count). The molecular weight excluding hydrogens is 312 g/mol. The van der Waals surface area contributed by atoms with Crippen molar-refractivity contribution in [2.75, 3.05) is 20.3 Å². The topological polar surface area (TPSA) is 87.6 Å². The average molecular weight is 331 g/mol. The highest BCUT2D eigenvalue weighted by Gasteiger charge is 2.15. The standard InChI is InChI=1S/C13H19BrN2O3/c1-8(13(16)17)7-19-12-10(14)5-9(3-4-15)6-11(12)18-2/h5-6,8H,3-4,7,15H2,1-2H3,(H2,16,17). The third kappa shape index (κ3) is 4.40. The van der Waals surface area contributed by atoms with Crippen LogP contribution >= 0.6 is 15.9 Å². The molecule has 1 atom stereocenters. The minimum atomic E-state index is -0.394. The minimum absolute atomic E-state index is 0.209. The normalized spacial score (nSPS) is 12.0. The molecule has 6 heteroatoms. The van der Waals surface area contributed by atoms with Crippen molar-refractivity contribution < 1.29 is 14.3 Å². The number of rotatable bonds is 7. The van der Waals surface area contributed by atoms with E-state index in [0.717, 1.165) is 16.5 Å². The number of halogens is 1. The van der Waals surface area contributed by atoms with Gasteiger partial charge in [-0.3, -0.25) is 4.79 Å². The largest absolute Gasteiger partial charge is 0.493 e. The molecular formula is C13H19BrN2O3. The molecule has 0 radical (unpaired) electrons. The van der Waals surface area contributed by atoms with Crippen molar-refractivity contribution in [1.82, 2.24) is 0 Å². The summed E-state index contributed by atoms with van der Waals surface area (Å²) in [5.41, 5.74) is 11.8. The van der Waals surface area contributed by atoms with Crippen molar-refractivity contribution in [2.24, 2.45) is 17.4 Å². The molecule has 1 aromatic rings. The summed E-state index contributed by atoms with van der Waals surface area (Å²) in [7, 11) is 1.57. The van der Waals surface area contributed by atoms with Gasteiger partial charge in [0.05, 0.1) is 24.1 Å². The Morgan fingerprint density at radius 1 is 1.47 bits per heavy atom. The van der Waals surface area contributed by atoms with E-state index in [-0.39, 0.29) is 12.5 Å². The number of hydrogen-bond donors (Lipinski definition) is 2. The summed E-state index contributed by atoms with van der Waals surface area (Å²) in [6.45, 7) is 2.49. The molecule has 0 aromatic heterocycles. The summed E-state index contributed by atoms with van der Waals surface area (Å²) in [6, 6.07) is 3.81. The lowest BCUT2D eigenvalue weighted by Gasteiger charge is -2.16.